The standard InChI is InChI=1S/C49H53N5O7S2Si/c1-48(2,3)64(6,7)61-29-17-18-34-31-62-45-41(44(56)54(45)42(34)46(57)60-30-33-25-27-38(58-4)28-26-33)51-43(55)40(53-59-5)39-32-63-47(50-39)52-49(35-19-11-8-12-20-35,36-21-13-9-14-22-36)37-23-15-10-16-24-37/h8-28,32,41,45H,29-31H2,1-7H3,(H,50,52)(H,51,55)/b18-17-,53-40-/t41-,45-/m1/s1. The number of esters is 1. The molecule has 2 aliphatic rings. The summed E-state index contributed by atoms with van der Waals surface area (Å²) in [6, 6.07) is 36.6. The van der Waals surface area contributed by atoms with E-state index in [1.807, 2.05) is 78.9 Å². The Bertz CT molecular complexity index is 2430. The maximum absolute atomic E-state index is 14.1. The summed E-state index contributed by atoms with van der Waals surface area (Å²) in [4.78, 5) is 53.6. The van der Waals surface area contributed by atoms with Gasteiger partial charge in [0.1, 0.15) is 47.8 Å². The summed E-state index contributed by atoms with van der Waals surface area (Å²) in [6.07, 6.45) is 3.71. The van der Waals surface area contributed by atoms with Crippen molar-refractivity contribution in [1.29, 1.82) is 0 Å². The smallest absolute Gasteiger partial charge is 0.355 e. The SMILES string of the molecule is CO/N=C(\C(=O)N[C@@H]1C(=O)N2C(C(=O)OCc3ccc(OC)cc3)=C(/C=C\CO[Si](C)(C)C(C)(C)C)CS[C@H]12)c1csc(NC(c2ccccc2)(c2ccccc2)c2ccccc2)n1. The molecule has 0 saturated carbocycles. The monoisotopic (exact) mass is 915 g/mol. The van der Waals surface area contributed by atoms with Crippen molar-refractivity contribution in [2.75, 3.05) is 31.9 Å². The number of aromatic nitrogens is 1. The molecule has 12 nitrogen and oxygen atoms in total. The molecule has 5 aromatic rings. The van der Waals surface area contributed by atoms with Gasteiger partial charge in [0, 0.05) is 11.1 Å². The highest BCUT2D eigenvalue weighted by atomic mass is 32.2. The molecule has 0 spiro atoms. The number of nitrogens with one attached hydrogen (secondary N) is 2. The van der Waals surface area contributed by atoms with Crippen LogP contribution in [0.25, 0.3) is 0 Å². The first-order chi connectivity index (χ1) is 30.8. The number of ether oxygens (including phenoxy) is 2. The molecule has 2 aliphatic heterocycles. The molecular weight excluding hydrogens is 863 g/mol. The Morgan fingerprint density at radius 3 is 2.03 bits per heavy atom. The molecule has 332 valence electrons. The molecule has 2 amide bonds. The van der Waals surface area contributed by atoms with E-state index in [2.05, 4.69) is 86.1 Å². The molecule has 7 rings (SSSR count). The molecule has 1 aromatic heterocycles. The fourth-order valence-electron chi connectivity index (χ4n) is 7.25. The minimum absolute atomic E-state index is 0.0116. The topological polar surface area (TPSA) is 141 Å². The van der Waals surface area contributed by atoms with Crippen LogP contribution in [0, 0.1) is 0 Å². The quantitative estimate of drug-likeness (QED) is 0.0232. The second-order valence-corrected chi connectivity index (χ2v) is 23.5. The second-order valence-electron chi connectivity index (χ2n) is 16.8. The van der Waals surface area contributed by atoms with Gasteiger partial charge in [-0.05, 0) is 58.1 Å². The number of thioether (sulfide) groups is 1. The third kappa shape index (κ3) is 9.72. The molecule has 64 heavy (non-hydrogen) atoms. The predicted molar refractivity (Wildman–Crippen MR) is 256 cm³/mol. The van der Waals surface area contributed by atoms with Gasteiger partial charge in [-0.15, -0.1) is 23.1 Å². The lowest BCUT2D eigenvalue weighted by molar-refractivity contribution is -0.153. The molecule has 3 heterocycles. The lowest BCUT2D eigenvalue weighted by Gasteiger charge is -2.49. The third-order valence-corrected chi connectivity index (χ3v) is 18.3. The van der Waals surface area contributed by atoms with Gasteiger partial charge in [0.2, 0.25) is 0 Å². The predicted octanol–water partition coefficient (Wildman–Crippen LogP) is 8.88. The van der Waals surface area contributed by atoms with Gasteiger partial charge in [-0.2, -0.15) is 0 Å². The maximum Gasteiger partial charge on any atom is 0.355 e. The molecule has 1 saturated heterocycles. The molecule has 0 radical (unpaired) electrons. The van der Waals surface area contributed by atoms with Crippen LogP contribution in [0.4, 0.5) is 5.13 Å². The van der Waals surface area contributed by atoms with Gasteiger partial charge in [-0.25, -0.2) is 9.78 Å². The van der Waals surface area contributed by atoms with Crippen LogP contribution < -0.4 is 15.4 Å². The highest BCUT2D eigenvalue weighted by molar-refractivity contribution is 8.00. The Labute approximate surface area is 383 Å². The van der Waals surface area contributed by atoms with Gasteiger partial charge in [0.05, 0.1) is 13.7 Å². The van der Waals surface area contributed by atoms with Crippen LogP contribution in [-0.4, -0.2) is 79.7 Å². The van der Waals surface area contributed by atoms with Crippen LogP contribution in [0.2, 0.25) is 18.1 Å². The Morgan fingerprint density at radius 2 is 1.48 bits per heavy atom. The minimum atomic E-state index is -2.03. The van der Waals surface area contributed by atoms with E-state index in [9.17, 15) is 14.4 Å². The number of rotatable bonds is 17. The Kier molecular flexibility index (Phi) is 14.2. The summed E-state index contributed by atoms with van der Waals surface area (Å²) in [5, 5.41) is 12.4. The molecule has 4 aromatic carbocycles. The Morgan fingerprint density at radius 1 is 0.891 bits per heavy atom. The van der Waals surface area contributed by atoms with Gasteiger partial charge >= 0.3 is 5.97 Å². The largest absolute Gasteiger partial charge is 0.497 e. The average Bonchev–Trinajstić information content (AvgIpc) is 3.77. The zero-order valence-electron chi connectivity index (χ0n) is 37.0. The third-order valence-electron chi connectivity index (χ3n) is 11.7. The van der Waals surface area contributed by atoms with Gasteiger partial charge in [0.15, 0.2) is 19.2 Å². The summed E-state index contributed by atoms with van der Waals surface area (Å²) >= 11 is 2.75. The molecular formula is C49H53N5O7S2Si. The van der Waals surface area contributed by atoms with E-state index < -0.39 is 43.1 Å². The maximum atomic E-state index is 14.1. The van der Waals surface area contributed by atoms with Crippen LogP contribution in [0.1, 0.15) is 48.7 Å². The van der Waals surface area contributed by atoms with Crippen molar-refractivity contribution in [2.45, 2.75) is 62.5 Å². The molecule has 2 atom stereocenters. The van der Waals surface area contributed by atoms with Gasteiger partial charge in [-0.3, -0.25) is 14.5 Å². The van der Waals surface area contributed by atoms with Crippen LogP contribution in [0.3, 0.4) is 0 Å². The van der Waals surface area contributed by atoms with E-state index in [1.165, 1.54) is 35.1 Å². The van der Waals surface area contributed by atoms with Crippen LogP contribution >= 0.6 is 23.1 Å². The first-order valence-electron chi connectivity index (χ1n) is 20.9. The lowest BCUT2D eigenvalue weighted by atomic mass is 9.77. The number of oxime groups is 1. The van der Waals surface area contributed by atoms with Crippen molar-refractivity contribution in [3.05, 3.63) is 172 Å². The fourth-order valence-corrected chi connectivity index (χ4v) is 10.3. The van der Waals surface area contributed by atoms with Crippen LogP contribution in [-0.2, 0) is 40.5 Å². The van der Waals surface area contributed by atoms with Crippen molar-refractivity contribution in [2.24, 2.45) is 5.16 Å². The van der Waals surface area contributed by atoms with E-state index >= 15 is 0 Å². The number of methoxy groups -OCH3 is 1. The zero-order chi connectivity index (χ0) is 45.5. The molecule has 15 heteroatoms. The number of fused-ring (bicyclic) bond motifs is 1. The number of carbonyl (C=O) groups excluding carboxylic acids is 3. The number of β-lactam (4-membered cyclic amide) rings is 1. The first-order valence-corrected chi connectivity index (χ1v) is 25.7. The Hall–Kier alpha value is -6.00. The fraction of sp³-hybridized carbons (Fsp3) is 0.286. The average molecular weight is 916 g/mol. The van der Waals surface area contributed by atoms with Crippen molar-refractivity contribution >= 4 is 60.0 Å². The number of carbonyl (C=O) groups is 3. The summed E-state index contributed by atoms with van der Waals surface area (Å²) < 4.78 is 17.4. The molecule has 0 unspecified atom stereocenters. The summed E-state index contributed by atoms with van der Waals surface area (Å²) in [5.74, 6) is -0.694. The number of nitrogens with zero attached hydrogens (tertiary/aromatic N) is 3. The summed E-state index contributed by atoms with van der Waals surface area (Å²) in [6.45, 7) is 11.2. The van der Waals surface area contributed by atoms with E-state index in [0.29, 0.717) is 28.8 Å². The van der Waals surface area contributed by atoms with E-state index in [-0.39, 0.29) is 28.7 Å². The second kappa shape index (κ2) is 19.8. The molecule has 2 N–H and O–H groups in total. The van der Waals surface area contributed by atoms with Gasteiger partial charge in [0.25, 0.3) is 11.8 Å². The summed E-state index contributed by atoms with van der Waals surface area (Å²) in [5.41, 5.74) is 3.77. The van der Waals surface area contributed by atoms with E-state index in [0.717, 1.165) is 22.3 Å². The number of hydrogen-bond donors (Lipinski definition) is 2. The first kappa shape index (κ1) is 46.0. The lowest BCUT2D eigenvalue weighted by Crippen LogP contribution is -2.71. The van der Waals surface area contributed by atoms with Crippen LogP contribution in [0.5, 0.6) is 5.75 Å². The molecule has 0 bridgehead atoms. The number of hydrogen-bond acceptors (Lipinski definition) is 12. The summed E-state index contributed by atoms with van der Waals surface area (Å²) in [7, 11) is 0.895. The number of anilines is 1. The van der Waals surface area contributed by atoms with Gasteiger partial charge < -0.3 is 29.4 Å². The molecule has 1 fully saturated rings. The normalized spacial score (nSPS) is 16.8. The van der Waals surface area contributed by atoms with E-state index in [4.69, 9.17) is 23.7 Å². The highest BCUT2D eigenvalue weighted by Gasteiger charge is 2.54. The van der Waals surface area contributed by atoms with E-state index in [1.54, 1.807) is 24.6 Å². The number of amides is 2. The van der Waals surface area contributed by atoms with Gasteiger partial charge in [-0.1, -0.05) is 141 Å². The van der Waals surface area contributed by atoms with Crippen molar-refractivity contribution in [3.63, 3.8) is 0 Å². The molecule has 0 aliphatic carbocycles. The Balaban J connectivity index is 1.12. The number of benzene rings is 4. The van der Waals surface area contributed by atoms with Crippen LogP contribution in [0.15, 0.2) is 149 Å². The van der Waals surface area contributed by atoms with Crippen molar-refractivity contribution in [1.82, 2.24) is 15.2 Å². The number of thiazole rings is 1. The minimum Gasteiger partial charge on any atom is -0.497 e. The van der Waals surface area contributed by atoms with Crippen molar-refractivity contribution < 1.29 is 33.1 Å². The van der Waals surface area contributed by atoms with Crippen molar-refractivity contribution in [3.8, 4) is 5.75 Å². The number of allylic oxidation sites excluding steroid dienone is 1. The zero-order valence-corrected chi connectivity index (χ0v) is 39.6. The highest BCUT2D eigenvalue weighted by Crippen LogP contribution is 2.43.